The first-order valence-corrected chi connectivity index (χ1v) is 9.72. The lowest BCUT2D eigenvalue weighted by Crippen LogP contribution is -2.34. The van der Waals surface area contributed by atoms with Crippen LogP contribution in [-0.4, -0.2) is 23.8 Å². The van der Waals surface area contributed by atoms with Gasteiger partial charge in [-0.2, -0.15) is 0 Å². The number of fused-ring (bicyclic) bond motifs is 1. The van der Waals surface area contributed by atoms with Gasteiger partial charge >= 0.3 is 0 Å². The Balaban J connectivity index is 1.54. The van der Waals surface area contributed by atoms with Crippen molar-refractivity contribution in [1.82, 2.24) is 9.88 Å². The zero-order chi connectivity index (χ0) is 19.5. The van der Waals surface area contributed by atoms with E-state index in [4.69, 9.17) is 9.47 Å². The molecule has 2 aliphatic rings. The van der Waals surface area contributed by atoms with E-state index in [1.54, 1.807) is 37.4 Å². The van der Waals surface area contributed by atoms with Crippen LogP contribution in [0.3, 0.4) is 0 Å². The first-order chi connectivity index (χ1) is 13.6. The third-order valence-corrected chi connectivity index (χ3v) is 5.28. The van der Waals surface area contributed by atoms with Crippen LogP contribution in [0.15, 0.2) is 46.9 Å². The van der Waals surface area contributed by atoms with Gasteiger partial charge in [0.2, 0.25) is 6.79 Å². The quantitative estimate of drug-likeness (QED) is 0.806. The Morgan fingerprint density at radius 1 is 1.18 bits per heavy atom. The van der Waals surface area contributed by atoms with E-state index in [1.165, 1.54) is 23.0 Å². The highest BCUT2D eigenvalue weighted by molar-refractivity contribution is 5.95. The molecule has 146 valence electrons. The molecule has 0 saturated carbocycles. The summed E-state index contributed by atoms with van der Waals surface area (Å²) in [7, 11) is 0. The predicted molar refractivity (Wildman–Crippen MR) is 106 cm³/mol. The average Bonchev–Trinajstić information content (AvgIpc) is 3.17. The van der Waals surface area contributed by atoms with Gasteiger partial charge in [-0.05, 0) is 62.8 Å². The molecule has 1 N–H and O–H groups in total. The molecule has 0 bridgehead atoms. The fraction of sp³-hybridized carbons (Fsp3) is 0.364. The Labute approximate surface area is 163 Å². The van der Waals surface area contributed by atoms with E-state index < -0.39 is 0 Å². The Morgan fingerprint density at radius 2 is 2.04 bits per heavy atom. The molecule has 0 spiro atoms. The number of ether oxygens (including phenoxy) is 2. The van der Waals surface area contributed by atoms with E-state index in [1.807, 2.05) is 0 Å². The molecule has 2 heterocycles. The summed E-state index contributed by atoms with van der Waals surface area (Å²) in [5, 5.41) is 2.91. The summed E-state index contributed by atoms with van der Waals surface area (Å²) in [5.41, 5.74) is 2.53. The normalized spacial score (nSPS) is 15.2. The number of nitrogens with one attached hydrogen (secondary N) is 1. The van der Waals surface area contributed by atoms with Gasteiger partial charge in [0.25, 0.3) is 11.5 Å². The molecule has 1 aliphatic heterocycles. The van der Waals surface area contributed by atoms with Crippen LogP contribution in [0.4, 0.5) is 0 Å². The van der Waals surface area contributed by atoms with E-state index >= 15 is 0 Å². The standard InChI is InChI=1S/C22H24N2O4/c1-15-10-12-24(17-7-8-18-19(13-17)28-14-27-18)22(26)20(15)21(25)23-11-9-16-5-3-2-4-6-16/h5,7-8,10,12-13H,2-4,6,9,11,14H2,1H3,(H,23,25). The lowest BCUT2D eigenvalue weighted by atomic mass is 9.97. The van der Waals surface area contributed by atoms with E-state index in [9.17, 15) is 9.59 Å². The maximum atomic E-state index is 13.0. The van der Waals surface area contributed by atoms with Crippen LogP contribution >= 0.6 is 0 Å². The Morgan fingerprint density at radius 3 is 2.86 bits per heavy atom. The average molecular weight is 380 g/mol. The number of pyridine rings is 1. The molecule has 4 rings (SSSR count). The molecule has 6 nitrogen and oxygen atoms in total. The Bertz CT molecular complexity index is 991. The maximum absolute atomic E-state index is 13.0. The summed E-state index contributed by atoms with van der Waals surface area (Å²) in [6, 6.07) is 7.07. The summed E-state index contributed by atoms with van der Waals surface area (Å²) in [5.74, 6) is 0.921. The van der Waals surface area contributed by atoms with Crippen molar-refractivity contribution >= 4 is 5.91 Å². The van der Waals surface area contributed by atoms with Crippen molar-refractivity contribution in [3.05, 3.63) is 63.6 Å². The molecule has 0 atom stereocenters. The fourth-order valence-corrected chi connectivity index (χ4v) is 3.70. The lowest BCUT2D eigenvalue weighted by Gasteiger charge is -2.14. The number of rotatable bonds is 5. The number of hydrogen-bond donors (Lipinski definition) is 1. The van der Waals surface area contributed by atoms with Gasteiger partial charge in [0, 0.05) is 18.8 Å². The molecule has 28 heavy (non-hydrogen) atoms. The van der Waals surface area contributed by atoms with E-state index in [0.29, 0.717) is 29.3 Å². The van der Waals surface area contributed by atoms with Gasteiger partial charge in [0.1, 0.15) is 5.56 Å². The molecule has 1 aromatic carbocycles. The highest BCUT2D eigenvalue weighted by atomic mass is 16.7. The number of aryl methyl sites for hydroxylation is 1. The molecule has 6 heteroatoms. The molecular weight excluding hydrogens is 356 g/mol. The van der Waals surface area contributed by atoms with Gasteiger partial charge < -0.3 is 14.8 Å². The highest BCUT2D eigenvalue weighted by Crippen LogP contribution is 2.33. The number of carbonyl (C=O) groups excluding carboxylic acids is 1. The minimum absolute atomic E-state index is 0.172. The van der Waals surface area contributed by atoms with Crippen LogP contribution in [0.1, 0.15) is 48.0 Å². The predicted octanol–water partition coefficient (Wildman–Crippen LogP) is 3.49. The van der Waals surface area contributed by atoms with Crippen LogP contribution < -0.4 is 20.3 Å². The number of hydrogen-bond acceptors (Lipinski definition) is 4. The number of aromatic nitrogens is 1. The highest BCUT2D eigenvalue weighted by Gasteiger charge is 2.19. The summed E-state index contributed by atoms with van der Waals surface area (Å²) in [6.07, 6.45) is 9.50. The van der Waals surface area contributed by atoms with E-state index in [-0.39, 0.29) is 23.8 Å². The first-order valence-electron chi connectivity index (χ1n) is 9.72. The van der Waals surface area contributed by atoms with Gasteiger partial charge in [0.15, 0.2) is 11.5 Å². The zero-order valence-electron chi connectivity index (χ0n) is 16.0. The smallest absolute Gasteiger partial charge is 0.268 e. The molecule has 2 aromatic rings. The van der Waals surface area contributed by atoms with Gasteiger partial charge in [-0.3, -0.25) is 14.2 Å². The first kappa shape index (κ1) is 18.3. The number of benzene rings is 1. The topological polar surface area (TPSA) is 69.6 Å². The second-order valence-electron chi connectivity index (χ2n) is 7.20. The van der Waals surface area contributed by atoms with Crippen molar-refractivity contribution in [2.75, 3.05) is 13.3 Å². The van der Waals surface area contributed by atoms with Crippen LogP contribution in [0.25, 0.3) is 5.69 Å². The molecule has 1 aromatic heterocycles. The third kappa shape index (κ3) is 3.67. The SMILES string of the molecule is Cc1ccn(-c2ccc3c(c2)OCO3)c(=O)c1C(=O)NCCC1=CCCCC1. The van der Waals surface area contributed by atoms with Crippen molar-refractivity contribution in [2.45, 2.75) is 39.0 Å². The fourth-order valence-electron chi connectivity index (χ4n) is 3.70. The van der Waals surface area contributed by atoms with E-state index in [2.05, 4.69) is 11.4 Å². The summed E-state index contributed by atoms with van der Waals surface area (Å²) < 4.78 is 12.2. The summed E-state index contributed by atoms with van der Waals surface area (Å²) in [6.45, 7) is 2.50. The molecule has 1 aliphatic carbocycles. The van der Waals surface area contributed by atoms with E-state index in [0.717, 1.165) is 19.3 Å². The largest absolute Gasteiger partial charge is 0.454 e. The number of carbonyl (C=O) groups is 1. The van der Waals surface area contributed by atoms with Crippen molar-refractivity contribution in [1.29, 1.82) is 0 Å². The van der Waals surface area contributed by atoms with Crippen molar-refractivity contribution in [2.24, 2.45) is 0 Å². The number of amides is 1. The van der Waals surface area contributed by atoms with Crippen molar-refractivity contribution < 1.29 is 14.3 Å². The van der Waals surface area contributed by atoms with Gasteiger partial charge in [-0.15, -0.1) is 0 Å². The molecule has 0 unspecified atom stereocenters. The molecule has 1 amide bonds. The van der Waals surface area contributed by atoms with Crippen molar-refractivity contribution in [3.8, 4) is 17.2 Å². The number of allylic oxidation sites excluding steroid dienone is 1. The third-order valence-electron chi connectivity index (χ3n) is 5.28. The van der Waals surface area contributed by atoms with Crippen LogP contribution in [-0.2, 0) is 0 Å². The second kappa shape index (κ2) is 7.92. The van der Waals surface area contributed by atoms with Crippen LogP contribution in [0, 0.1) is 6.92 Å². The molecule has 0 saturated heterocycles. The zero-order valence-corrected chi connectivity index (χ0v) is 16.0. The minimum Gasteiger partial charge on any atom is -0.454 e. The van der Waals surface area contributed by atoms with Gasteiger partial charge in [-0.1, -0.05) is 11.6 Å². The van der Waals surface area contributed by atoms with Crippen molar-refractivity contribution in [3.63, 3.8) is 0 Å². The molecule has 0 radical (unpaired) electrons. The van der Waals surface area contributed by atoms with Gasteiger partial charge in [0.05, 0.1) is 5.69 Å². The van der Waals surface area contributed by atoms with Gasteiger partial charge in [-0.25, -0.2) is 0 Å². The Hall–Kier alpha value is -3.02. The monoisotopic (exact) mass is 380 g/mol. The maximum Gasteiger partial charge on any atom is 0.268 e. The summed E-state index contributed by atoms with van der Waals surface area (Å²) >= 11 is 0. The lowest BCUT2D eigenvalue weighted by molar-refractivity contribution is 0.0951. The molecular formula is C22H24N2O4. The second-order valence-corrected chi connectivity index (χ2v) is 7.20. The Kier molecular flexibility index (Phi) is 5.19. The molecule has 0 fully saturated rings. The number of nitrogens with zero attached hydrogens (tertiary/aromatic N) is 1. The summed E-state index contributed by atoms with van der Waals surface area (Å²) in [4.78, 5) is 25.7. The minimum atomic E-state index is -0.340. The van der Waals surface area contributed by atoms with Crippen LogP contribution in [0.2, 0.25) is 0 Å². The van der Waals surface area contributed by atoms with Crippen LogP contribution in [0.5, 0.6) is 11.5 Å².